The van der Waals surface area contributed by atoms with Crippen molar-refractivity contribution in [1.82, 2.24) is 0 Å². The molecule has 250 valence electrons. The van der Waals surface area contributed by atoms with E-state index in [0.717, 1.165) is 24.0 Å². The van der Waals surface area contributed by atoms with Crippen LogP contribution in [0.25, 0.3) is 0 Å². The fraction of sp³-hybridized carbons (Fsp3) is 0.879. The van der Waals surface area contributed by atoms with E-state index in [2.05, 4.69) is 26.8 Å². The van der Waals surface area contributed by atoms with Crippen molar-refractivity contribution >= 4 is 0 Å². The van der Waals surface area contributed by atoms with E-state index in [1.807, 2.05) is 6.92 Å². The lowest BCUT2D eigenvalue weighted by atomic mass is 9.62. The van der Waals surface area contributed by atoms with Crippen LogP contribution in [0.1, 0.15) is 67.2 Å². The molecule has 6 aliphatic rings. The van der Waals surface area contributed by atoms with Gasteiger partial charge in [-0.3, -0.25) is 4.74 Å². The van der Waals surface area contributed by atoms with E-state index in [1.54, 1.807) is 7.11 Å². The molecule has 3 aliphatic heterocycles. The minimum Gasteiger partial charge on any atom is -0.392 e. The molecule has 0 aromatic rings. The Morgan fingerprint density at radius 2 is 1.73 bits per heavy atom. The highest BCUT2D eigenvalue weighted by Crippen LogP contribution is 2.62. The smallest absolute Gasteiger partial charge is 0.317 e. The van der Waals surface area contributed by atoms with Gasteiger partial charge in [0.2, 0.25) is 5.79 Å². The Labute approximate surface area is 260 Å². The minimum absolute atomic E-state index is 0.0164. The monoisotopic (exact) mass is 624 g/mol. The molecule has 5 N–H and O–H groups in total. The summed E-state index contributed by atoms with van der Waals surface area (Å²) in [5, 5.41) is 58.4. The van der Waals surface area contributed by atoms with Gasteiger partial charge in [-0.2, -0.15) is 0 Å². The second kappa shape index (κ2) is 10.8. The van der Waals surface area contributed by atoms with E-state index in [0.29, 0.717) is 12.8 Å². The highest BCUT2D eigenvalue weighted by atomic mass is 17.0. The molecule has 0 aromatic heterocycles. The van der Waals surface area contributed by atoms with Crippen molar-refractivity contribution in [3.8, 4) is 0 Å². The zero-order valence-corrected chi connectivity index (χ0v) is 27.3. The van der Waals surface area contributed by atoms with Gasteiger partial charge in [-0.1, -0.05) is 44.9 Å². The first-order valence-electron chi connectivity index (χ1n) is 16.2. The van der Waals surface area contributed by atoms with Gasteiger partial charge in [-0.25, -0.2) is 0 Å². The molecule has 0 unspecified atom stereocenters. The number of allylic oxidation sites excluding steroid dienone is 2. The molecule has 0 amide bonds. The van der Waals surface area contributed by atoms with Crippen LogP contribution in [0.4, 0.5) is 0 Å². The largest absolute Gasteiger partial charge is 0.392 e. The standard InChI is InChI=1S/C33H52O11/c1-16(2)19-9-11-29(5)13-21-20(10-12-31(21,37)15-40-8)17(3)25(35)23(24(19)29)27-26(36)28-32(22(41-27)14-39-7)43-30(6,18(4)34)33(38,42-28)44-32/h13,16-18,20,22-23,25-28,34-38H,9-12,14-15H2,1-8H3/t17-,18+,20+,22-,23-,25-,26-,27-,28-,29-,30+,31+,32-,33-/m1/s1. The fourth-order valence-electron chi connectivity index (χ4n) is 9.39. The van der Waals surface area contributed by atoms with Crippen molar-refractivity contribution < 1.29 is 54.0 Å². The molecule has 44 heavy (non-hydrogen) atoms. The molecular weight excluding hydrogens is 572 g/mol. The molecular formula is C33H52O11. The number of fused-ring (bicyclic) bond motifs is 3. The molecule has 11 heteroatoms. The maximum atomic E-state index is 12.4. The van der Waals surface area contributed by atoms with Crippen LogP contribution in [0, 0.1) is 29.1 Å². The van der Waals surface area contributed by atoms with E-state index in [1.165, 1.54) is 26.5 Å². The van der Waals surface area contributed by atoms with Crippen LogP contribution in [0.15, 0.2) is 22.8 Å². The van der Waals surface area contributed by atoms with Crippen molar-refractivity contribution in [3.05, 3.63) is 22.8 Å². The predicted octanol–water partition coefficient (Wildman–Crippen LogP) is 1.78. The summed E-state index contributed by atoms with van der Waals surface area (Å²) in [5.74, 6) is -4.95. The number of aliphatic hydroxyl groups excluding tert-OH is 3. The molecule has 11 nitrogen and oxygen atoms in total. The van der Waals surface area contributed by atoms with Crippen LogP contribution < -0.4 is 0 Å². The van der Waals surface area contributed by atoms with Crippen LogP contribution in [0.5, 0.6) is 0 Å². The van der Waals surface area contributed by atoms with Crippen LogP contribution in [0.3, 0.4) is 0 Å². The first-order valence-corrected chi connectivity index (χ1v) is 16.2. The number of methoxy groups -OCH3 is 2. The van der Waals surface area contributed by atoms with Crippen LogP contribution in [-0.4, -0.2) is 113 Å². The van der Waals surface area contributed by atoms with E-state index in [-0.39, 0.29) is 31.0 Å². The van der Waals surface area contributed by atoms with Crippen molar-refractivity contribution in [2.24, 2.45) is 29.1 Å². The summed E-state index contributed by atoms with van der Waals surface area (Å²) in [4.78, 5) is 0. The van der Waals surface area contributed by atoms with Crippen molar-refractivity contribution in [3.63, 3.8) is 0 Å². The third kappa shape index (κ3) is 4.35. The summed E-state index contributed by atoms with van der Waals surface area (Å²) in [6, 6.07) is 0. The molecule has 3 heterocycles. The summed E-state index contributed by atoms with van der Waals surface area (Å²) < 4.78 is 36.2. The van der Waals surface area contributed by atoms with Crippen LogP contribution in [-0.2, 0) is 28.4 Å². The number of ether oxygens (including phenoxy) is 6. The Morgan fingerprint density at radius 1 is 1.02 bits per heavy atom. The van der Waals surface area contributed by atoms with Gasteiger partial charge >= 0.3 is 5.97 Å². The van der Waals surface area contributed by atoms with E-state index >= 15 is 0 Å². The molecule has 0 radical (unpaired) electrons. The van der Waals surface area contributed by atoms with Crippen LogP contribution >= 0.6 is 0 Å². The second-order valence-corrected chi connectivity index (χ2v) is 15.0. The van der Waals surface area contributed by atoms with Gasteiger partial charge in [0.1, 0.15) is 23.9 Å². The van der Waals surface area contributed by atoms with Gasteiger partial charge in [0.05, 0.1) is 31.5 Å². The number of hydrogen-bond acceptors (Lipinski definition) is 11. The van der Waals surface area contributed by atoms with E-state index in [4.69, 9.17) is 28.4 Å². The zero-order chi connectivity index (χ0) is 32.2. The van der Waals surface area contributed by atoms with E-state index in [9.17, 15) is 25.5 Å². The first-order chi connectivity index (χ1) is 20.5. The molecule has 3 saturated heterocycles. The van der Waals surface area contributed by atoms with Crippen LogP contribution in [0.2, 0.25) is 0 Å². The summed E-state index contributed by atoms with van der Waals surface area (Å²) >= 11 is 0. The summed E-state index contributed by atoms with van der Waals surface area (Å²) in [7, 11) is 3.10. The Balaban J connectivity index is 1.48. The van der Waals surface area contributed by atoms with E-state index < -0.39 is 70.9 Å². The maximum Gasteiger partial charge on any atom is 0.317 e. The quantitative estimate of drug-likeness (QED) is 0.263. The van der Waals surface area contributed by atoms with Gasteiger partial charge in [0.25, 0.3) is 0 Å². The zero-order valence-electron chi connectivity index (χ0n) is 27.3. The average Bonchev–Trinajstić information content (AvgIpc) is 3.62. The molecule has 1 spiro atoms. The number of hydrogen-bond donors (Lipinski definition) is 5. The topological polar surface area (TPSA) is 157 Å². The van der Waals surface area contributed by atoms with Gasteiger partial charge in [-0.05, 0) is 62.9 Å². The van der Waals surface area contributed by atoms with Crippen molar-refractivity contribution in [1.29, 1.82) is 0 Å². The normalized spacial score (nSPS) is 52.5. The molecule has 0 aromatic carbocycles. The highest BCUT2D eigenvalue weighted by Gasteiger charge is 2.81. The van der Waals surface area contributed by atoms with Gasteiger partial charge < -0.3 is 49.2 Å². The highest BCUT2D eigenvalue weighted by molar-refractivity contribution is 5.43. The van der Waals surface area contributed by atoms with Gasteiger partial charge in [-0.15, -0.1) is 0 Å². The average molecular weight is 625 g/mol. The Kier molecular flexibility index (Phi) is 8.08. The SMILES string of the molecule is COC[C@H]1O[C@H]([C@@H]2C3=C(C(C)C)CC[C@]3(C)C=C3[C@@H](CC[C@]3(O)COC)[C@@H](C)[C@H]2O)[C@@H](O)[C@H]2O[C@@]3(O)O[C@@]21O[C@@]3(C)[C@H](C)O. The third-order valence-electron chi connectivity index (χ3n) is 12.0. The number of aliphatic hydroxyl groups is 5. The second-order valence-electron chi connectivity index (χ2n) is 15.0. The van der Waals surface area contributed by atoms with Crippen molar-refractivity contribution in [2.75, 3.05) is 27.4 Å². The molecule has 1 saturated carbocycles. The molecule has 2 bridgehead atoms. The molecule has 6 rings (SSSR count). The summed E-state index contributed by atoms with van der Waals surface area (Å²) in [5.41, 5.74) is -0.144. The lowest BCUT2D eigenvalue weighted by Gasteiger charge is -2.54. The Hall–Kier alpha value is -0.960. The first kappa shape index (κ1) is 33.0. The Bertz CT molecular complexity index is 1200. The number of rotatable bonds is 7. The van der Waals surface area contributed by atoms with Crippen molar-refractivity contribution in [2.45, 2.75) is 127 Å². The minimum atomic E-state index is -2.35. The van der Waals surface area contributed by atoms with Gasteiger partial charge in [0.15, 0.2) is 5.60 Å². The lowest BCUT2D eigenvalue weighted by molar-refractivity contribution is -0.395. The fourth-order valence-corrected chi connectivity index (χ4v) is 9.39. The summed E-state index contributed by atoms with van der Waals surface area (Å²) in [6.07, 6.45) is -1.55. The molecule has 14 atom stereocenters. The molecule has 4 fully saturated rings. The molecule has 3 aliphatic carbocycles. The lowest BCUT2D eigenvalue weighted by Crippen LogP contribution is -2.72. The van der Waals surface area contributed by atoms with Gasteiger partial charge in [0, 0.05) is 25.6 Å². The third-order valence-corrected chi connectivity index (χ3v) is 12.0. The maximum absolute atomic E-state index is 12.4. The predicted molar refractivity (Wildman–Crippen MR) is 157 cm³/mol. The summed E-state index contributed by atoms with van der Waals surface area (Å²) in [6.45, 7) is 11.6. The Morgan fingerprint density at radius 3 is 2.34 bits per heavy atom.